The Kier molecular flexibility index (Phi) is 4.14. The molecule has 1 rings (SSSR count). The molecule has 0 bridgehead atoms. The van der Waals surface area contributed by atoms with Crippen LogP contribution in [0.15, 0.2) is 0 Å². The van der Waals surface area contributed by atoms with Crippen molar-refractivity contribution in [2.45, 2.75) is 33.6 Å². The summed E-state index contributed by atoms with van der Waals surface area (Å²) in [5.41, 5.74) is 0.176. The van der Waals surface area contributed by atoms with E-state index in [0.717, 1.165) is 32.6 Å². The summed E-state index contributed by atoms with van der Waals surface area (Å²) in [5, 5.41) is 0. The highest BCUT2D eigenvalue weighted by molar-refractivity contribution is 5.78. The van der Waals surface area contributed by atoms with E-state index in [0.29, 0.717) is 0 Å². The Hall–Kier alpha value is -0.570. The molecule has 15 heavy (non-hydrogen) atoms. The molecule has 0 radical (unpaired) electrons. The van der Waals surface area contributed by atoms with Gasteiger partial charge in [-0.15, -0.1) is 0 Å². The van der Waals surface area contributed by atoms with Crippen molar-refractivity contribution in [3.05, 3.63) is 0 Å². The van der Waals surface area contributed by atoms with Crippen molar-refractivity contribution < 1.29 is 9.53 Å². The lowest BCUT2D eigenvalue weighted by Crippen LogP contribution is -2.40. The number of nitrogens with zero attached hydrogens (tertiary/aromatic N) is 1. The van der Waals surface area contributed by atoms with Crippen LogP contribution in [0.25, 0.3) is 0 Å². The normalized spacial score (nSPS) is 18.9. The number of hydrogen-bond donors (Lipinski definition) is 0. The fourth-order valence-electron chi connectivity index (χ4n) is 2.05. The molecule has 3 nitrogen and oxygen atoms in total. The van der Waals surface area contributed by atoms with Crippen LogP contribution in [0, 0.1) is 11.3 Å². The van der Waals surface area contributed by atoms with E-state index in [1.54, 1.807) is 0 Å². The summed E-state index contributed by atoms with van der Waals surface area (Å²) in [6, 6.07) is 0. The zero-order valence-electron chi connectivity index (χ0n) is 10.4. The standard InChI is InChI=1S/C12H23NO2/c1-12(2,3)9-13(4)11(14)10-5-7-15-8-6-10/h10H,5-9H2,1-4H3. The number of ether oxygens (including phenoxy) is 1. The van der Waals surface area contributed by atoms with E-state index in [1.165, 1.54) is 0 Å². The van der Waals surface area contributed by atoms with Gasteiger partial charge >= 0.3 is 0 Å². The third-order valence-electron chi connectivity index (χ3n) is 2.66. The van der Waals surface area contributed by atoms with Gasteiger partial charge in [0.15, 0.2) is 0 Å². The highest BCUT2D eigenvalue weighted by Gasteiger charge is 2.26. The van der Waals surface area contributed by atoms with Crippen molar-refractivity contribution >= 4 is 5.91 Å². The molecule has 0 unspecified atom stereocenters. The zero-order chi connectivity index (χ0) is 11.5. The monoisotopic (exact) mass is 213 g/mol. The van der Waals surface area contributed by atoms with Crippen LogP contribution in [0.1, 0.15) is 33.6 Å². The molecule has 0 aromatic heterocycles. The van der Waals surface area contributed by atoms with Gasteiger partial charge in [0.25, 0.3) is 0 Å². The van der Waals surface area contributed by atoms with Crippen molar-refractivity contribution in [1.82, 2.24) is 4.90 Å². The minimum absolute atomic E-state index is 0.176. The van der Waals surface area contributed by atoms with E-state index < -0.39 is 0 Å². The van der Waals surface area contributed by atoms with Gasteiger partial charge in [-0.2, -0.15) is 0 Å². The van der Waals surface area contributed by atoms with E-state index in [9.17, 15) is 4.79 Å². The van der Waals surface area contributed by atoms with Crippen LogP contribution in [0.4, 0.5) is 0 Å². The van der Waals surface area contributed by atoms with Crippen LogP contribution in [0.5, 0.6) is 0 Å². The lowest BCUT2D eigenvalue weighted by Gasteiger charge is -2.31. The van der Waals surface area contributed by atoms with Crippen molar-refractivity contribution in [2.75, 3.05) is 26.8 Å². The number of carbonyl (C=O) groups excluding carboxylic acids is 1. The second kappa shape index (κ2) is 4.97. The first kappa shape index (κ1) is 12.5. The molecule has 1 fully saturated rings. The molecule has 1 saturated heterocycles. The SMILES string of the molecule is CN(CC(C)(C)C)C(=O)C1CCOCC1. The average Bonchev–Trinajstić information content (AvgIpc) is 2.15. The maximum atomic E-state index is 12.0. The van der Waals surface area contributed by atoms with Crippen LogP contribution in [-0.4, -0.2) is 37.6 Å². The first-order valence-electron chi connectivity index (χ1n) is 5.73. The Labute approximate surface area is 92.8 Å². The summed E-state index contributed by atoms with van der Waals surface area (Å²) in [4.78, 5) is 13.9. The smallest absolute Gasteiger partial charge is 0.225 e. The average molecular weight is 213 g/mol. The number of amides is 1. The maximum Gasteiger partial charge on any atom is 0.225 e. The lowest BCUT2D eigenvalue weighted by molar-refractivity contribution is -0.138. The number of rotatable bonds is 2. The molecule has 0 atom stereocenters. The van der Waals surface area contributed by atoms with E-state index in [-0.39, 0.29) is 17.2 Å². The van der Waals surface area contributed by atoms with Gasteiger partial charge in [-0.3, -0.25) is 4.79 Å². The Morgan fingerprint density at radius 2 is 1.87 bits per heavy atom. The van der Waals surface area contributed by atoms with Gasteiger partial charge in [0.05, 0.1) is 0 Å². The van der Waals surface area contributed by atoms with Gasteiger partial charge in [-0.05, 0) is 18.3 Å². The molecule has 3 heteroatoms. The lowest BCUT2D eigenvalue weighted by atomic mass is 9.94. The molecule has 1 heterocycles. The Morgan fingerprint density at radius 3 is 2.33 bits per heavy atom. The summed E-state index contributed by atoms with van der Waals surface area (Å²) in [5.74, 6) is 0.472. The predicted molar refractivity (Wildman–Crippen MR) is 60.6 cm³/mol. The van der Waals surface area contributed by atoms with E-state index in [2.05, 4.69) is 20.8 Å². The number of carbonyl (C=O) groups is 1. The predicted octanol–water partition coefficient (Wildman–Crippen LogP) is 1.92. The van der Waals surface area contributed by atoms with Crippen molar-refractivity contribution in [3.8, 4) is 0 Å². The quantitative estimate of drug-likeness (QED) is 0.701. The summed E-state index contributed by atoms with van der Waals surface area (Å²) < 4.78 is 5.26. The molecule has 0 aliphatic carbocycles. The molecule has 0 N–H and O–H groups in total. The topological polar surface area (TPSA) is 29.5 Å². The minimum Gasteiger partial charge on any atom is -0.381 e. The Bertz CT molecular complexity index is 214. The second-order valence-corrected chi connectivity index (χ2v) is 5.64. The molecule has 0 aromatic carbocycles. The molecule has 0 saturated carbocycles. The minimum atomic E-state index is 0.176. The Morgan fingerprint density at radius 1 is 1.33 bits per heavy atom. The van der Waals surface area contributed by atoms with Crippen LogP contribution < -0.4 is 0 Å². The van der Waals surface area contributed by atoms with Crippen molar-refractivity contribution in [3.63, 3.8) is 0 Å². The van der Waals surface area contributed by atoms with Gasteiger partial charge in [-0.1, -0.05) is 20.8 Å². The highest BCUT2D eigenvalue weighted by atomic mass is 16.5. The van der Waals surface area contributed by atoms with E-state index in [1.807, 2.05) is 11.9 Å². The molecule has 1 amide bonds. The molecular formula is C12H23NO2. The van der Waals surface area contributed by atoms with Gasteiger partial charge in [-0.25, -0.2) is 0 Å². The molecule has 0 spiro atoms. The summed E-state index contributed by atoms with van der Waals surface area (Å²) in [6.45, 7) is 8.75. The third kappa shape index (κ3) is 4.20. The fourth-order valence-corrected chi connectivity index (χ4v) is 2.05. The molecule has 88 valence electrons. The first-order chi connectivity index (χ1) is 6.90. The van der Waals surface area contributed by atoms with Crippen LogP contribution in [0.2, 0.25) is 0 Å². The van der Waals surface area contributed by atoms with Crippen molar-refractivity contribution in [2.24, 2.45) is 11.3 Å². The summed E-state index contributed by atoms with van der Waals surface area (Å²) >= 11 is 0. The van der Waals surface area contributed by atoms with Gasteiger partial charge in [0.2, 0.25) is 5.91 Å². The van der Waals surface area contributed by atoms with E-state index >= 15 is 0 Å². The van der Waals surface area contributed by atoms with Gasteiger partial charge in [0, 0.05) is 32.7 Å². The molecule has 0 aromatic rings. The third-order valence-corrected chi connectivity index (χ3v) is 2.66. The Balaban J connectivity index is 2.44. The summed E-state index contributed by atoms with van der Waals surface area (Å²) in [6.07, 6.45) is 1.76. The number of hydrogen-bond acceptors (Lipinski definition) is 2. The zero-order valence-corrected chi connectivity index (χ0v) is 10.4. The van der Waals surface area contributed by atoms with Gasteiger partial charge < -0.3 is 9.64 Å². The molecule has 1 aliphatic rings. The van der Waals surface area contributed by atoms with Crippen LogP contribution in [0.3, 0.4) is 0 Å². The van der Waals surface area contributed by atoms with Gasteiger partial charge in [0.1, 0.15) is 0 Å². The second-order valence-electron chi connectivity index (χ2n) is 5.64. The van der Waals surface area contributed by atoms with E-state index in [4.69, 9.17) is 4.74 Å². The highest BCUT2D eigenvalue weighted by Crippen LogP contribution is 2.20. The fraction of sp³-hybridized carbons (Fsp3) is 0.917. The molecule has 1 aliphatic heterocycles. The first-order valence-corrected chi connectivity index (χ1v) is 5.73. The van der Waals surface area contributed by atoms with Crippen LogP contribution >= 0.6 is 0 Å². The summed E-state index contributed by atoms with van der Waals surface area (Å²) in [7, 11) is 1.91. The molecular weight excluding hydrogens is 190 g/mol. The largest absolute Gasteiger partial charge is 0.381 e. The van der Waals surface area contributed by atoms with Crippen molar-refractivity contribution in [1.29, 1.82) is 0 Å². The van der Waals surface area contributed by atoms with Crippen LogP contribution in [-0.2, 0) is 9.53 Å². The maximum absolute atomic E-state index is 12.0.